The van der Waals surface area contributed by atoms with Crippen LogP contribution < -0.4 is 5.73 Å². The average molecular weight is 216 g/mol. The number of carbonyl (C=O) groups excluding carboxylic acids is 1. The molecule has 1 rings (SSSR count). The van der Waals surface area contributed by atoms with Crippen molar-refractivity contribution in [1.82, 2.24) is 0 Å². The highest BCUT2D eigenvalue weighted by Gasteiger charge is 2.06. The number of carbonyl (C=O) groups is 1. The molecule has 1 aromatic rings. The number of ether oxygens (including phenoxy) is 1. The number of anilines is 1. The van der Waals surface area contributed by atoms with E-state index in [4.69, 9.17) is 11.0 Å². The Morgan fingerprint density at radius 3 is 3.00 bits per heavy atom. The fraction of sp³-hybridized carbons (Fsp3) is 0.167. The van der Waals surface area contributed by atoms with Gasteiger partial charge in [0.1, 0.15) is 0 Å². The van der Waals surface area contributed by atoms with Crippen LogP contribution in [0.5, 0.6) is 0 Å². The monoisotopic (exact) mass is 216 g/mol. The second-order valence-corrected chi connectivity index (χ2v) is 3.10. The van der Waals surface area contributed by atoms with Gasteiger partial charge in [0.2, 0.25) is 0 Å². The Bertz CT molecular complexity index is 459. The summed E-state index contributed by atoms with van der Waals surface area (Å²) in [7, 11) is 1.32. The van der Waals surface area contributed by atoms with Gasteiger partial charge in [-0.2, -0.15) is 5.26 Å². The molecule has 0 aliphatic carbocycles. The van der Waals surface area contributed by atoms with Gasteiger partial charge in [-0.05, 0) is 23.8 Å². The molecule has 4 heteroatoms. The molecule has 82 valence electrons. The van der Waals surface area contributed by atoms with Crippen molar-refractivity contribution < 1.29 is 9.53 Å². The third kappa shape index (κ3) is 2.85. The lowest BCUT2D eigenvalue weighted by Crippen LogP contribution is -2.02. The van der Waals surface area contributed by atoms with Crippen LogP contribution in [0.15, 0.2) is 24.3 Å². The van der Waals surface area contributed by atoms with Crippen molar-refractivity contribution in [2.24, 2.45) is 0 Å². The van der Waals surface area contributed by atoms with Crippen LogP contribution >= 0.6 is 0 Å². The Labute approximate surface area is 93.9 Å². The number of nitriles is 1. The van der Waals surface area contributed by atoms with Crippen LogP contribution in [0.4, 0.5) is 5.69 Å². The number of methoxy groups -OCH3 is 1. The third-order valence-corrected chi connectivity index (χ3v) is 2.01. The Balaban J connectivity index is 3.00. The van der Waals surface area contributed by atoms with Gasteiger partial charge in [-0.15, -0.1) is 0 Å². The van der Waals surface area contributed by atoms with E-state index in [1.807, 2.05) is 6.07 Å². The van der Waals surface area contributed by atoms with E-state index in [0.29, 0.717) is 23.2 Å². The van der Waals surface area contributed by atoms with Gasteiger partial charge >= 0.3 is 5.97 Å². The van der Waals surface area contributed by atoms with Crippen molar-refractivity contribution in [1.29, 1.82) is 5.26 Å². The quantitative estimate of drug-likeness (QED) is 0.619. The van der Waals surface area contributed by atoms with Crippen molar-refractivity contribution >= 4 is 17.7 Å². The first-order chi connectivity index (χ1) is 7.69. The van der Waals surface area contributed by atoms with E-state index in [0.717, 1.165) is 0 Å². The van der Waals surface area contributed by atoms with Crippen molar-refractivity contribution in [3.63, 3.8) is 0 Å². The van der Waals surface area contributed by atoms with Gasteiger partial charge in [-0.3, -0.25) is 0 Å². The lowest BCUT2D eigenvalue weighted by atomic mass is 10.1. The fourth-order valence-electron chi connectivity index (χ4n) is 1.20. The number of nitrogen functional groups attached to an aromatic ring is 1. The van der Waals surface area contributed by atoms with Gasteiger partial charge in [-0.25, -0.2) is 4.79 Å². The van der Waals surface area contributed by atoms with Gasteiger partial charge in [0.15, 0.2) is 0 Å². The predicted molar refractivity (Wildman–Crippen MR) is 61.5 cm³/mol. The summed E-state index contributed by atoms with van der Waals surface area (Å²) < 4.78 is 4.60. The molecule has 1 aromatic carbocycles. The summed E-state index contributed by atoms with van der Waals surface area (Å²) in [6.45, 7) is 0. The molecule has 4 nitrogen and oxygen atoms in total. The molecule has 0 amide bonds. The van der Waals surface area contributed by atoms with Crippen LogP contribution in [0.1, 0.15) is 22.3 Å². The topological polar surface area (TPSA) is 76.1 Å². The van der Waals surface area contributed by atoms with Crippen molar-refractivity contribution in [3.05, 3.63) is 35.4 Å². The Kier molecular flexibility index (Phi) is 4.10. The molecule has 0 radical (unpaired) electrons. The van der Waals surface area contributed by atoms with Gasteiger partial charge in [-0.1, -0.05) is 12.2 Å². The van der Waals surface area contributed by atoms with Crippen LogP contribution in [-0.2, 0) is 4.74 Å². The molecule has 0 heterocycles. The van der Waals surface area contributed by atoms with Crippen LogP contribution in [0.2, 0.25) is 0 Å². The number of rotatable bonds is 3. The van der Waals surface area contributed by atoms with Crippen LogP contribution in [0.25, 0.3) is 6.08 Å². The first kappa shape index (κ1) is 11.8. The van der Waals surface area contributed by atoms with Gasteiger partial charge in [0, 0.05) is 5.69 Å². The molecular weight excluding hydrogens is 204 g/mol. The van der Waals surface area contributed by atoms with E-state index in [1.165, 1.54) is 7.11 Å². The number of hydrogen-bond acceptors (Lipinski definition) is 4. The number of nitrogens with two attached hydrogens (primary N) is 1. The van der Waals surface area contributed by atoms with Crippen molar-refractivity contribution in [2.75, 3.05) is 12.8 Å². The Hall–Kier alpha value is -2.28. The minimum atomic E-state index is -0.407. The summed E-state index contributed by atoms with van der Waals surface area (Å²) in [5.74, 6) is -0.407. The normalized spacial score (nSPS) is 10.0. The maximum Gasteiger partial charge on any atom is 0.337 e. The lowest BCUT2D eigenvalue weighted by molar-refractivity contribution is 0.0601. The molecule has 0 spiro atoms. The van der Waals surface area contributed by atoms with Crippen LogP contribution in [0.3, 0.4) is 0 Å². The summed E-state index contributed by atoms with van der Waals surface area (Å²) >= 11 is 0. The molecule has 0 saturated carbocycles. The smallest absolute Gasteiger partial charge is 0.337 e. The summed E-state index contributed by atoms with van der Waals surface area (Å²) in [6, 6.07) is 6.86. The second-order valence-electron chi connectivity index (χ2n) is 3.10. The van der Waals surface area contributed by atoms with E-state index in [2.05, 4.69) is 4.74 Å². The minimum Gasteiger partial charge on any atom is -0.465 e. The number of allylic oxidation sites excluding steroid dienone is 1. The second kappa shape index (κ2) is 5.56. The minimum absolute atomic E-state index is 0.307. The SMILES string of the molecule is COC(=O)c1ccc(N)c(C=CCC#N)c1. The van der Waals surface area contributed by atoms with Crippen molar-refractivity contribution in [2.45, 2.75) is 6.42 Å². The summed E-state index contributed by atoms with van der Waals surface area (Å²) in [4.78, 5) is 11.3. The van der Waals surface area contributed by atoms with E-state index >= 15 is 0 Å². The van der Waals surface area contributed by atoms with Crippen LogP contribution in [0, 0.1) is 11.3 Å². The highest BCUT2D eigenvalue weighted by Crippen LogP contribution is 2.16. The number of benzene rings is 1. The number of nitrogens with zero attached hydrogens (tertiary/aromatic N) is 1. The first-order valence-electron chi connectivity index (χ1n) is 4.70. The van der Waals surface area contributed by atoms with Gasteiger partial charge in [0.05, 0.1) is 25.2 Å². The fourth-order valence-corrected chi connectivity index (χ4v) is 1.20. The van der Waals surface area contributed by atoms with E-state index in [9.17, 15) is 4.79 Å². The molecular formula is C12H12N2O2. The zero-order valence-electron chi connectivity index (χ0n) is 8.93. The molecule has 0 fully saturated rings. The Morgan fingerprint density at radius 1 is 1.62 bits per heavy atom. The highest BCUT2D eigenvalue weighted by molar-refractivity contribution is 5.91. The molecule has 0 unspecified atom stereocenters. The average Bonchev–Trinajstić information content (AvgIpc) is 2.31. The standard InChI is InChI=1S/C12H12N2O2/c1-16-12(15)10-5-6-11(14)9(8-10)4-2-3-7-13/h2,4-6,8H,3,14H2,1H3. The van der Waals surface area contributed by atoms with Crippen LogP contribution in [-0.4, -0.2) is 13.1 Å². The maximum atomic E-state index is 11.3. The van der Waals surface area contributed by atoms with Gasteiger partial charge < -0.3 is 10.5 Å². The zero-order chi connectivity index (χ0) is 12.0. The lowest BCUT2D eigenvalue weighted by Gasteiger charge is -2.03. The molecule has 0 atom stereocenters. The van der Waals surface area contributed by atoms with E-state index in [1.54, 1.807) is 30.4 Å². The molecule has 0 aromatic heterocycles. The molecule has 16 heavy (non-hydrogen) atoms. The molecule has 0 bridgehead atoms. The van der Waals surface area contributed by atoms with E-state index < -0.39 is 5.97 Å². The maximum absolute atomic E-state index is 11.3. The first-order valence-corrected chi connectivity index (χ1v) is 4.70. The zero-order valence-corrected chi connectivity index (χ0v) is 8.93. The van der Waals surface area contributed by atoms with E-state index in [-0.39, 0.29) is 0 Å². The highest BCUT2D eigenvalue weighted by atomic mass is 16.5. The largest absolute Gasteiger partial charge is 0.465 e. The number of hydrogen-bond donors (Lipinski definition) is 1. The summed E-state index contributed by atoms with van der Waals surface area (Å²) in [5, 5.41) is 8.39. The molecule has 0 aliphatic rings. The van der Waals surface area contributed by atoms with Gasteiger partial charge in [0.25, 0.3) is 0 Å². The van der Waals surface area contributed by atoms with Crippen molar-refractivity contribution in [3.8, 4) is 6.07 Å². The number of esters is 1. The predicted octanol–water partition coefficient (Wildman–Crippen LogP) is 1.98. The molecule has 2 N–H and O–H groups in total. The molecule has 0 aliphatic heterocycles. The molecule has 0 saturated heterocycles. The third-order valence-electron chi connectivity index (χ3n) is 2.01. The Morgan fingerprint density at radius 2 is 2.38 bits per heavy atom. The summed E-state index contributed by atoms with van der Waals surface area (Å²) in [5.41, 5.74) is 7.43. The summed E-state index contributed by atoms with van der Waals surface area (Å²) in [6.07, 6.45) is 3.71.